The average Bonchev–Trinajstić information content (AvgIpc) is 2.35. The summed E-state index contributed by atoms with van der Waals surface area (Å²) in [5.74, 6) is 1.57. The van der Waals surface area contributed by atoms with Crippen LogP contribution in [0.5, 0.6) is 0 Å². The maximum Gasteiger partial charge on any atom is 0.123 e. The summed E-state index contributed by atoms with van der Waals surface area (Å²) in [6.07, 6.45) is 4.00. The van der Waals surface area contributed by atoms with Gasteiger partial charge < -0.3 is 5.11 Å². The van der Waals surface area contributed by atoms with Crippen LogP contribution in [-0.2, 0) is 6.42 Å². The van der Waals surface area contributed by atoms with Crippen LogP contribution < -0.4 is 0 Å². The van der Waals surface area contributed by atoms with Gasteiger partial charge in [-0.1, -0.05) is 32.4 Å². The van der Waals surface area contributed by atoms with E-state index in [0.717, 1.165) is 24.3 Å². The average molecular weight is 264 g/mol. The molecule has 0 aromatic heterocycles. The van der Waals surface area contributed by atoms with Gasteiger partial charge >= 0.3 is 0 Å². The van der Waals surface area contributed by atoms with Crippen molar-refractivity contribution in [1.82, 2.24) is 0 Å². The van der Waals surface area contributed by atoms with Crippen LogP contribution in [0.3, 0.4) is 0 Å². The molecule has 1 N–H and O–H groups in total. The fourth-order valence-corrected chi connectivity index (χ4v) is 3.27. The second-order valence-corrected chi connectivity index (χ2v) is 6.62. The van der Waals surface area contributed by atoms with Crippen molar-refractivity contribution in [1.29, 1.82) is 0 Å². The van der Waals surface area contributed by atoms with E-state index in [1.165, 1.54) is 18.6 Å². The number of rotatable bonds is 3. The van der Waals surface area contributed by atoms with Gasteiger partial charge in [0.1, 0.15) is 5.82 Å². The molecule has 106 valence electrons. The van der Waals surface area contributed by atoms with Crippen molar-refractivity contribution >= 4 is 0 Å². The van der Waals surface area contributed by atoms with E-state index < -0.39 is 5.60 Å². The monoisotopic (exact) mass is 264 g/mol. The van der Waals surface area contributed by atoms with Gasteiger partial charge in [-0.3, -0.25) is 0 Å². The Morgan fingerprint density at radius 3 is 2.37 bits per heavy atom. The minimum atomic E-state index is -0.688. The summed E-state index contributed by atoms with van der Waals surface area (Å²) >= 11 is 0. The van der Waals surface area contributed by atoms with Gasteiger partial charge in [0.15, 0.2) is 0 Å². The SMILES string of the molecule is CC1CCC(C(C)(O)Cc2ccc(F)cc2)CC1C. The molecule has 0 saturated heterocycles. The Hall–Kier alpha value is -0.890. The number of hydrogen-bond donors (Lipinski definition) is 1. The summed E-state index contributed by atoms with van der Waals surface area (Å²) in [6, 6.07) is 6.49. The topological polar surface area (TPSA) is 20.2 Å². The first kappa shape index (κ1) is 14.5. The molecule has 0 spiro atoms. The quantitative estimate of drug-likeness (QED) is 0.868. The van der Waals surface area contributed by atoms with Crippen LogP contribution >= 0.6 is 0 Å². The third-order valence-corrected chi connectivity index (χ3v) is 4.95. The predicted molar refractivity (Wildman–Crippen MR) is 76.4 cm³/mol. The fraction of sp³-hybridized carbons (Fsp3) is 0.647. The Morgan fingerprint density at radius 2 is 1.79 bits per heavy atom. The molecule has 0 amide bonds. The summed E-state index contributed by atoms with van der Waals surface area (Å²) in [5, 5.41) is 10.8. The zero-order valence-corrected chi connectivity index (χ0v) is 12.2. The minimum Gasteiger partial charge on any atom is -0.390 e. The van der Waals surface area contributed by atoms with Crippen LogP contribution in [0.15, 0.2) is 24.3 Å². The summed E-state index contributed by atoms with van der Waals surface area (Å²) < 4.78 is 12.9. The van der Waals surface area contributed by atoms with E-state index in [1.807, 2.05) is 6.92 Å². The fourth-order valence-electron chi connectivity index (χ4n) is 3.27. The number of benzene rings is 1. The zero-order valence-electron chi connectivity index (χ0n) is 12.2. The molecule has 0 heterocycles. The predicted octanol–water partition coefficient (Wildman–Crippen LogP) is 4.19. The Balaban J connectivity index is 2.03. The van der Waals surface area contributed by atoms with Crippen molar-refractivity contribution < 1.29 is 9.50 Å². The van der Waals surface area contributed by atoms with Crippen molar-refractivity contribution in [3.63, 3.8) is 0 Å². The minimum absolute atomic E-state index is 0.219. The summed E-state index contributed by atoms with van der Waals surface area (Å²) in [4.78, 5) is 0. The first-order valence-corrected chi connectivity index (χ1v) is 7.35. The second kappa shape index (κ2) is 5.62. The molecule has 1 aromatic rings. The first-order valence-electron chi connectivity index (χ1n) is 7.35. The third kappa shape index (κ3) is 3.56. The second-order valence-electron chi connectivity index (χ2n) is 6.62. The molecular weight excluding hydrogens is 239 g/mol. The molecule has 1 saturated carbocycles. The Morgan fingerprint density at radius 1 is 1.16 bits per heavy atom. The van der Waals surface area contributed by atoms with E-state index >= 15 is 0 Å². The van der Waals surface area contributed by atoms with E-state index in [-0.39, 0.29) is 5.82 Å². The van der Waals surface area contributed by atoms with E-state index in [4.69, 9.17) is 0 Å². The third-order valence-electron chi connectivity index (χ3n) is 4.95. The van der Waals surface area contributed by atoms with Gasteiger partial charge in [-0.25, -0.2) is 4.39 Å². The van der Waals surface area contributed by atoms with Gasteiger partial charge in [0.2, 0.25) is 0 Å². The standard InChI is InChI=1S/C17H25FO/c1-12-4-7-15(10-13(12)2)17(3,19)11-14-5-8-16(18)9-6-14/h5-6,8-9,12-13,15,19H,4,7,10-11H2,1-3H3. The van der Waals surface area contributed by atoms with E-state index in [2.05, 4.69) is 13.8 Å². The molecule has 1 aliphatic carbocycles. The van der Waals surface area contributed by atoms with Gasteiger partial charge in [-0.2, -0.15) is 0 Å². The molecule has 2 heteroatoms. The van der Waals surface area contributed by atoms with Gasteiger partial charge in [-0.05, 0) is 55.2 Å². The Bertz CT molecular complexity index is 410. The summed E-state index contributed by atoms with van der Waals surface area (Å²) in [6.45, 7) is 6.52. The molecular formula is C17H25FO. The van der Waals surface area contributed by atoms with Gasteiger partial charge in [0.05, 0.1) is 5.60 Å². The van der Waals surface area contributed by atoms with Crippen molar-refractivity contribution in [2.24, 2.45) is 17.8 Å². The largest absolute Gasteiger partial charge is 0.390 e. The van der Waals surface area contributed by atoms with E-state index in [9.17, 15) is 9.50 Å². The van der Waals surface area contributed by atoms with Crippen LogP contribution in [0, 0.1) is 23.6 Å². The Kier molecular flexibility index (Phi) is 4.29. The summed E-state index contributed by atoms with van der Waals surface area (Å²) in [5.41, 5.74) is 0.323. The maximum absolute atomic E-state index is 12.9. The normalized spacial score (nSPS) is 30.9. The van der Waals surface area contributed by atoms with E-state index in [1.54, 1.807) is 12.1 Å². The molecule has 19 heavy (non-hydrogen) atoms. The number of halogens is 1. The molecule has 2 rings (SSSR count). The lowest BCUT2D eigenvalue weighted by molar-refractivity contribution is -0.0315. The summed E-state index contributed by atoms with van der Waals surface area (Å²) in [7, 11) is 0. The van der Waals surface area contributed by atoms with Gasteiger partial charge in [0, 0.05) is 6.42 Å². The molecule has 1 nitrogen and oxygen atoms in total. The molecule has 0 aliphatic heterocycles. The van der Waals surface area contributed by atoms with Crippen molar-refractivity contribution in [2.45, 2.75) is 52.1 Å². The lowest BCUT2D eigenvalue weighted by atomic mass is 9.68. The molecule has 4 atom stereocenters. The highest BCUT2D eigenvalue weighted by molar-refractivity contribution is 5.18. The molecule has 1 fully saturated rings. The van der Waals surface area contributed by atoms with E-state index in [0.29, 0.717) is 18.3 Å². The lowest BCUT2D eigenvalue weighted by Crippen LogP contribution is -2.40. The molecule has 0 bridgehead atoms. The molecule has 1 aromatic carbocycles. The van der Waals surface area contributed by atoms with Crippen molar-refractivity contribution in [2.75, 3.05) is 0 Å². The number of hydrogen-bond acceptors (Lipinski definition) is 1. The van der Waals surface area contributed by atoms with Crippen LogP contribution in [-0.4, -0.2) is 10.7 Å². The molecule has 4 unspecified atom stereocenters. The molecule has 1 aliphatic rings. The highest BCUT2D eigenvalue weighted by atomic mass is 19.1. The highest BCUT2D eigenvalue weighted by Gasteiger charge is 2.36. The highest BCUT2D eigenvalue weighted by Crippen LogP contribution is 2.40. The number of aliphatic hydroxyl groups is 1. The van der Waals surface area contributed by atoms with Crippen LogP contribution in [0.25, 0.3) is 0 Å². The maximum atomic E-state index is 12.9. The molecule has 0 radical (unpaired) electrons. The van der Waals surface area contributed by atoms with Gasteiger partial charge in [-0.15, -0.1) is 0 Å². The van der Waals surface area contributed by atoms with Crippen molar-refractivity contribution in [3.05, 3.63) is 35.6 Å². The van der Waals surface area contributed by atoms with Crippen LogP contribution in [0.2, 0.25) is 0 Å². The van der Waals surface area contributed by atoms with Gasteiger partial charge in [0.25, 0.3) is 0 Å². The van der Waals surface area contributed by atoms with Crippen LogP contribution in [0.4, 0.5) is 4.39 Å². The lowest BCUT2D eigenvalue weighted by Gasteiger charge is -2.40. The zero-order chi connectivity index (χ0) is 14.0. The first-order chi connectivity index (χ1) is 8.88. The Labute approximate surface area is 115 Å². The van der Waals surface area contributed by atoms with Crippen molar-refractivity contribution in [3.8, 4) is 0 Å². The van der Waals surface area contributed by atoms with Crippen LogP contribution in [0.1, 0.15) is 45.6 Å². The smallest absolute Gasteiger partial charge is 0.123 e.